The highest BCUT2D eigenvalue weighted by molar-refractivity contribution is 7.92. The normalized spacial score (nSPS) is 11.1. The summed E-state index contributed by atoms with van der Waals surface area (Å²) in [5.41, 5.74) is 0.998. The highest BCUT2D eigenvalue weighted by Gasteiger charge is 2.09. The molecule has 0 atom stereocenters. The molecule has 0 aromatic heterocycles. The number of nitrogens with one attached hydrogen (secondary N) is 1. The predicted octanol–water partition coefficient (Wildman–Crippen LogP) is 2.56. The molecule has 5 nitrogen and oxygen atoms in total. The first-order valence-corrected chi connectivity index (χ1v) is 7.76. The van der Waals surface area contributed by atoms with Crippen LogP contribution in [0.3, 0.4) is 0 Å². The Labute approximate surface area is 121 Å². The van der Waals surface area contributed by atoms with Crippen LogP contribution in [0.15, 0.2) is 42.5 Å². The number of aromatic carboxylic acids is 1. The van der Waals surface area contributed by atoms with Crippen LogP contribution < -0.4 is 4.72 Å². The molecule has 0 aliphatic heterocycles. The van der Waals surface area contributed by atoms with Gasteiger partial charge >= 0.3 is 5.97 Å². The zero-order valence-corrected chi connectivity index (χ0v) is 11.8. The third-order valence-corrected chi connectivity index (χ3v) is 3.25. The Kier molecular flexibility index (Phi) is 3.95. The molecule has 0 bridgehead atoms. The van der Waals surface area contributed by atoms with E-state index >= 15 is 0 Å². The van der Waals surface area contributed by atoms with Crippen LogP contribution in [0.25, 0.3) is 11.1 Å². The minimum Gasteiger partial charge on any atom is -0.478 e. The van der Waals surface area contributed by atoms with Crippen LogP contribution in [0, 0.1) is 5.82 Å². The van der Waals surface area contributed by atoms with Gasteiger partial charge in [0.1, 0.15) is 5.82 Å². The number of sulfonamides is 1. The Hall–Kier alpha value is -2.41. The van der Waals surface area contributed by atoms with Crippen molar-refractivity contribution in [2.24, 2.45) is 0 Å². The fourth-order valence-corrected chi connectivity index (χ4v) is 2.41. The number of rotatable bonds is 4. The number of anilines is 1. The Morgan fingerprint density at radius 3 is 2.48 bits per heavy atom. The maximum absolute atomic E-state index is 13.5. The van der Waals surface area contributed by atoms with Crippen molar-refractivity contribution in [1.82, 2.24) is 0 Å². The molecule has 21 heavy (non-hydrogen) atoms. The van der Waals surface area contributed by atoms with Gasteiger partial charge in [0.15, 0.2) is 0 Å². The van der Waals surface area contributed by atoms with Crippen LogP contribution >= 0.6 is 0 Å². The molecule has 0 spiro atoms. The molecule has 0 saturated carbocycles. The van der Waals surface area contributed by atoms with Crippen molar-refractivity contribution in [2.75, 3.05) is 11.0 Å². The molecule has 2 aromatic carbocycles. The summed E-state index contributed by atoms with van der Waals surface area (Å²) in [5, 5.41) is 8.93. The topological polar surface area (TPSA) is 83.5 Å². The van der Waals surface area contributed by atoms with Crippen molar-refractivity contribution in [3.8, 4) is 11.1 Å². The summed E-state index contributed by atoms with van der Waals surface area (Å²) in [5.74, 6) is -1.91. The molecule has 0 heterocycles. The highest BCUT2D eigenvalue weighted by Crippen LogP contribution is 2.25. The summed E-state index contributed by atoms with van der Waals surface area (Å²) in [4.78, 5) is 10.9. The summed E-state index contributed by atoms with van der Waals surface area (Å²) >= 11 is 0. The molecule has 0 aliphatic rings. The summed E-state index contributed by atoms with van der Waals surface area (Å²) in [7, 11) is -3.42. The van der Waals surface area contributed by atoms with E-state index in [0.29, 0.717) is 16.8 Å². The van der Waals surface area contributed by atoms with Gasteiger partial charge in [-0.3, -0.25) is 4.72 Å². The van der Waals surface area contributed by atoms with Crippen molar-refractivity contribution in [3.63, 3.8) is 0 Å². The van der Waals surface area contributed by atoms with Gasteiger partial charge in [-0.2, -0.15) is 0 Å². The van der Waals surface area contributed by atoms with Gasteiger partial charge < -0.3 is 5.11 Å². The van der Waals surface area contributed by atoms with Crippen LogP contribution in [0.2, 0.25) is 0 Å². The number of carboxylic acid groups (broad SMARTS) is 1. The number of carbonyl (C=O) groups is 1. The van der Waals surface area contributed by atoms with Crippen LogP contribution in [0.4, 0.5) is 10.1 Å². The minimum absolute atomic E-state index is 0.175. The molecule has 0 radical (unpaired) electrons. The second-order valence-corrected chi connectivity index (χ2v) is 6.24. The van der Waals surface area contributed by atoms with E-state index in [2.05, 4.69) is 4.72 Å². The molecule has 0 amide bonds. The molecule has 2 aromatic rings. The third kappa shape index (κ3) is 4.03. The minimum atomic E-state index is -3.42. The fourth-order valence-electron chi connectivity index (χ4n) is 1.86. The number of hydrogen-bond donors (Lipinski definition) is 2. The van der Waals surface area contributed by atoms with Gasteiger partial charge in [0, 0.05) is 5.69 Å². The highest BCUT2D eigenvalue weighted by atomic mass is 32.2. The van der Waals surface area contributed by atoms with Gasteiger partial charge in [0.2, 0.25) is 10.0 Å². The standard InChI is InChI=1S/C14H12FNO4S/c1-21(19,20)16-13-4-2-3-9(8-13)10-5-11(14(17)18)7-12(15)6-10/h2-8,16H,1H3,(H,17,18). The number of hydrogen-bond acceptors (Lipinski definition) is 3. The van der Waals surface area contributed by atoms with Crippen molar-refractivity contribution >= 4 is 21.7 Å². The van der Waals surface area contributed by atoms with Crippen molar-refractivity contribution < 1.29 is 22.7 Å². The SMILES string of the molecule is CS(=O)(=O)Nc1cccc(-c2cc(F)cc(C(=O)O)c2)c1. The molecular weight excluding hydrogens is 297 g/mol. The van der Waals surface area contributed by atoms with Crippen LogP contribution in [0.1, 0.15) is 10.4 Å². The van der Waals surface area contributed by atoms with Gasteiger partial charge in [-0.15, -0.1) is 0 Å². The van der Waals surface area contributed by atoms with Crippen LogP contribution in [0.5, 0.6) is 0 Å². The van der Waals surface area contributed by atoms with Crippen LogP contribution in [-0.4, -0.2) is 25.7 Å². The molecule has 0 fully saturated rings. The van der Waals surface area contributed by atoms with Gasteiger partial charge in [0.05, 0.1) is 11.8 Å². The first-order chi connectivity index (χ1) is 9.74. The Balaban J connectivity index is 2.47. The summed E-state index contributed by atoms with van der Waals surface area (Å²) in [6.07, 6.45) is 1.02. The van der Waals surface area contributed by atoms with E-state index < -0.39 is 21.8 Å². The molecule has 7 heteroatoms. The smallest absolute Gasteiger partial charge is 0.335 e. The molecular formula is C14H12FNO4S. The van der Waals surface area contributed by atoms with Gasteiger partial charge in [-0.1, -0.05) is 12.1 Å². The zero-order valence-electron chi connectivity index (χ0n) is 11.0. The lowest BCUT2D eigenvalue weighted by molar-refractivity contribution is 0.0696. The van der Waals surface area contributed by atoms with E-state index in [1.807, 2.05) is 0 Å². The summed E-state index contributed by atoms with van der Waals surface area (Å²) in [6, 6.07) is 9.70. The average Bonchev–Trinajstić information content (AvgIpc) is 2.36. The van der Waals surface area contributed by atoms with E-state index in [9.17, 15) is 17.6 Å². The van der Waals surface area contributed by atoms with Gasteiger partial charge in [-0.25, -0.2) is 17.6 Å². The Morgan fingerprint density at radius 1 is 1.14 bits per heavy atom. The van der Waals surface area contributed by atoms with Crippen molar-refractivity contribution in [2.45, 2.75) is 0 Å². The lowest BCUT2D eigenvalue weighted by atomic mass is 10.0. The first-order valence-electron chi connectivity index (χ1n) is 5.87. The van der Waals surface area contributed by atoms with E-state index in [4.69, 9.17) is 5.11 Å². The Bertz CT molecular complexity index is 802. The second-order valence-electron chi connectivity index (χ2n) is 4.49. The molecule has 2 rings (SSSR count). The quantitative estimate of drug-likeness (QED) is 0.909. The van der Waals surface area contributed by atoms with Gasteiger partial charge in [0.25, 0.3) is 0 Å². The maximum Gasteiger partial charge on any atom is 0.335 e. The lowest BCUT2D eigenvalue weighted by Crippen LogP contribution is -2.09. The summed E-state index contributed by atoms with van der Waals surface area (Å²) < 4.78 is 38.2. The zero-order chi connectivity index (χ0) is 15.6. The van der Waals surface area contributed by atoms with E-state index in [-0.39, 0.29) is 5.56 Å². The average molecular weight is 309 g/mol. The molecule has 0 aliphatic carbocycles. The number of carboxylic acids is 1. The fraction of sp³-hybridized carbons (Fsp3) is 0.0714. The predicted molar refractivity (Wildman–Crippen MR) is 77.3 cm³/mol. The van der Waals surface area contributed by atoms with E-state index in [1.165, 1.54) is 18.2 Å². The van der Waals surface area contributed by atoms with E-state index in [0.717, 1.165) is 12.3 Å². The van der Waals surface area contributed by atoms with Crippen molar-refractivity contribution in [3.05, 3.63) is 53.8 Å². The van der Waals surface area contributed by atoms with Gasteiger partial charge in [-0.05, 0) is 41.5 Å². The Morgan fingerprint density at radius 2 is 1.86 bits per heavy atom. The molecule has 0 saturated heterocycles. The summed E-state index contributed by atoms with van der Waals surface area (Å²) in [6.45, 7) is 0. The van der Waals surface area contributed by atoms with E-state index in [1.54, 1.807) is 18.2 Å². The molecule has 2 N–H and O–H groups in total. The molecule has 110 valence electrons. The number of halogens is 1. The largest absolute Gasteiger partial charge is 0.478 e. The van der Waals surface area contributed by atoms with Crippen LogP contribution in [-0.2, 0) is 10.0 Å². The second kappa shape index (κ2) is 5.53. The number of benzene rings is 2. The van der Waals surface area contributed by atoms with Crippen molar-refractivity contribution in [1.29, 1.82) is 0 Å². The first kappa shape index (κ1) is 15.0. The monoisotopic (exact) mass is 309 g/mol. The maximum atomic E-state index is 13.5. The third-order valence-electron chi connectivity index (χ3n) is 2.64. The molecule has 0 unspecified atom stereocenters. The lowest BCUT2D eigenvalue weighted by Gasteiger charge is -2.08.